The van der Waals surface area contributed by atoms with E-state index in [0.717, 1.165) is 15.7 Å². The number of amides is 10. The van der Waals surface area contributed by atoms with Gasteiger partial charge in [-0.1, -0.05) is 89.9 Å². The minimum Gasteiger partial charge on any atom is -0.391 e. The van der Waals surface area contributed by atoms with Crippen molar-refractivity contribution in [1.82, 2.24) is 52.3 Å². The Kier molecular flexibility index (Phi) is 26.3. The summed E-state index contributed by atoms with van der Waals surface area (Å²) in [4.78, 5) is 142. The SMILES string of the molecule is CCC[C@H](NC(=O)[C@@H](NC(=O)[C@@H](Cc1ccc2ccccc2c1)NC(=O)[C@@H](NC(=O)CNC(=O)CN(C)C(C)=O)C(C)C)[C@@H](C)O)C(=O)N[C@H](C(=O)N[C@@H](CCCN=C(N)N)C(=O)N1CCC[C@H]1C(=O)NCC)[C@@H](C)CC. The summed E-state index contributed by atoms with van der Waals surface area (Å²) in [5, 5.41) is 34.1. The van der Waals surface area contributed by atoms with E-state index in [1.807, 2.05) is 43.3 Å². The first-order valence-electron chi connectivity index (χ1n) is 26.5. The summed E-state index contributed by atoms with van der Waals surface area (Å²) >= 11 is 0. The third-order valence-electron chi connectivity index (χ3n) is 13.3. The molecule has 3 rings (SSSR count). The Morgan fingerprint density at radius 3 is 1.95 bits per heavy atom. The fourth-order valence-corrected chi connectivity index (χ4v) is 8.64. The molecule has 0 saturated carbocycles. The maximum Gasteiger partial charge on any atom is 0.245 e. The molecule has 24 nitrogen and oxygen atoms in total. The van der Waals surface area contributed by atoms with Crippen molar-refractivity contribution in [3.63, 3.8) is 0 Å². The first-order valence-corrected chi connectivity index (χ1v) is 26.5. The van der Waals surface area contributed by atoms with E-state index in [1.165, 1.54) is 25.8 Å². The number of guanidine groups is 1. The maximum absolute atomic E-state index is 14.4. The monoisotopic (exact) mass is 1080 g/mol. The van der Waals surface area contributed by atoms with Gasteiger partial charge in [-0.25, -0.2) is 0 Å². The predicted octanol–water partition coefficient (Wildman–Crippen LogP) is -1.05. The number of hydrogen-bond acceptors (Lipinski definition) is 12. The number of likely N-dealkylation sites (tertiary alicyclic amines) is 1. The van der Waals surface area contributed by atoms with E-state index in [-0.39, 0.29) is 50.1 Å². The van der Waals surface area contributed by atoms with Crippen molar-refractivity contribution in [3.8, 4) is 0 Å². The van der Waals surface area contributed by atoms with Gasteiger partial charge in [0, 0.05) is 40.0 Å². The van der Waals surface area contributed by atoms with Crippen LogP contribution in [0.25, 0.3) is 10.8 Å². The Labute approximate surface area is 451 Å². The van der Waals surface area contributed by atoms with Gasteiger partial charge < -0.3 is 68.9 Å². The molecule has 0 aromatic heterocycles. The van der Waals surface area contributed by atoms with Crippen molar-refractivity contribution in [1.29, 1.82) is 0 Å². The van der Waals surface area contributed by atoms with Crippen LogP contribution in [0.3, 0.4) is 0 Å². The molecular weight excluding hydrogens is 995 g/mol. The van der Waals surface area contributed by atoms with Crippen molar-refractivity contribution in [2.75, 3.05) is 39.8 Å². The fourth-order valence-electron chi connectivity index (χ4n) is 8.64. The highest BCUT2D eigenvalue weighted by Gasteiger charge is 2.40. The first-order chi connectivity index (χ1) is 36.4. The molecule has 0 radical (unpaired) electrons. The number of aliphatic hydroxyl groups excluding tert-OH is 1. The summed E-state index contributed by atoms with van der Waals surface area (Å²) in [5.41, 5.74) is 11.7. The molecule has 2 aromatic rings. The Morgan fingerprint density at radius 2 is 1.34 bits per heavy atom. The molecule has 77 heavy (non-hydrogen) atoms. The molecule has 0 bridgehead atoms. The van der Waals surface area contributed by atoms with Gasteiger partial charge in [-0.3, -0.25) is 52.9 Å². The molecule has 13 N–H and O–H groups in total. The molecule has 0 spiro atoms. The zero-order chi connectivity index (χ0) is 57.5. The molecule has 9 atom stereocenters. The maximum atomic E-state index is 14.4. The van der Waals surface area contributed by atoms with Gasteiger partial charge in [0.15, 0.2) is 5.96 Å². The standard InChI is InChI=1S/C53H83N13O11/c1-10-17-37(46(71)63-44(31(6)11-2)50(75)60-38(20-15-24-57-53(54)55)52(77)66-25-16-21-40(66)48(73)56-12-3)59-51(76)45(32(7)67)64-47(72)39(27-34-22-23-35-18-13-14-19-36(35)26-34)61-49(74)43(30(4)5)62-41(69)28-58-42(70)29-65(9)33(8)68/h13-14,18-19,22-23,26,30-32,37-40,43-45,67H,10-12,15-17,20-21,24-25,27-29H2,1-9H3,(H,56,73)(H,58,70)(H,59,76)(H,60,75)(H,61,74)(H,62,69)(H,63,71)(H,64,72)(H4,54,55,57)/t31-,32+,37-,38-,39+,40-,43-,44-,45-/m0/s1. The number of benzene rings is 2. The number of nitrogens with two attached hydrogens (primary N) is 2. The van der Waals surface area contributed by atoms with Crippen LogP contribution in [0.1, 0.15) is 106 Å². The van der Waals surface area contributed by atoms with Crippen LogP contribution in [0.2, 0.25) is 0 Å². The normalized spacial score (nSPS) is 16.2. The number of nitrogens with one attached hydrogen (secondary N) is 8. The molecule has 1 aliphatic heterocycles. The summed E-state index contributed by atoms with van der Waals surface area (Å²) < 4.78 is 0. The number of fused-ring (bicyclic) bond motifs is 1. The highest BCUT2D eigenvalue weighted by atomic mass is 16.3. The first kappa shape index (κ1) is 63.9. The van der Waals surface area contributed by atoms with Gasteiger partial charge in [0.25, 0.3) is 0 Å². The second kappa shape index (κ2) is 31.6. The van der Waals surface area contributed by atoms with Gasteiger partial charge in [0.05, 0.1) is 19.2 Å². The smallest absolute Gasteiger partial charge is 0.245 e. The van der Waals surface area contributed by atoms with Crippen LogP contribution >= 0.6 is 0 Å². The average Bonchev–Trinajstić information content (AvgIpc) is 3.88. The lowest BCUT2D eigenvalue weighted by Gasteiger charge is -2.31. The van der Waals surface area contributed by atoms with Gasteiger partial charge in [-0.2, -0.15) is 0 Å². The Bertz CT molecular complexity index is 2410. The summed E-state index contributed by atoms with van der Waals surface area (Å²) in [5.74, 6) is -7.68. The van der Waals surface area contributed by atoms with Crippen molar-refractivity contribution >= 4 is 75.8 Å². The third-order valence-corrected chi connectivity index (χ3v) is 13.3. The van der Waals surface area contributed by atoms with E-state index in [4.69, 9.17) is 11.5 Å². The highest BCUT2D eigenvalue weighted by molar-refractivity contribution is 5.98. The molecule has 426 valence electrons. The van der Waals surface area contributed by atoms with E-state index < -0.39 is 114 Å². The quantitative estimate of drug-likeness (QED) is 0.0253. The second-order valence-corrected chi connectivity index (χ2v) is 19.9. The Balaban J connectivity index is 1.87. The number of nitrogens with zero attached hydrogens (tertiary/aromatic N) is 3. The van der Waals surface area contributed by atoms with E-state index in [2.05, 4.69) is 47.5 Å². The van der Waals surface area contributed by atoms with Gasteiger partial charge in [0.2, 0.25) is 59.1 Å². The van der Waals surface area contributed by atoms with Gasteiger partial charge in [0.1, 0.15) is 42.3 Å². The van der Waals surface area contributed by atoms with Gasteiger partial charge >= 0.3 is 0 Å². The molecule has 1 fully saturated rings. The molecular formula is C53H83N13O11. The lowest BCUT2D eigenvalue weighted by Crippen LogP contribution is -2.62. The third kappa shape index (κ3) is 20.3. The summed E-state index contributed by atoms with van der Waals surface area (Å²) in [6.07, 6.45) is 0.616. The molecule has 0 unspecified atom stereocenters. The van der Waals surface area contributed by atoms with Crippen LogP contribution in [0.15, 0.2) is 47.5 Å². The number of aliphatic imine (C=N–C) groups is 1. The van der Waals surface area contributed by atoms with Crippen LogP contribution in [-0.2, 0) is 54.4 Å². The van der Waals surface area contributed by atoms with E-state index in [0.29, 0.717) is 50.8 Å². The van der Waals surface area contributed by atoms with E-state index in [9.17, 15) is 53.1 Å². The average molecular weight is 1080 g/mol. The van der Waals surface area contributed by atoms with Crippen LogP contribution in [0.5, 0.6) is 0 Å². The molecule has 1 aliphatic rings. The molecule has 1 saturated heterocycles. The number of aliphatic hydroxyl groups is 1. The van der Waals surface area contributed by atoms with Crippen LogP contribution < -0.4 is 54.0 Å². The topological polar surface area (TPSA) is 358 Å². The minimum atomic E-state index is -1.68. The summed E-state index contributed by atoms with van der Waals surface area (Å²) in [7, 11) is 1.42. The number of hydrogen-bond donors (Lipinski definition) is 11. The lowest BCUT2D eigenvalue weighted by atomic mass is 9.96. The van der Waals surface area contributed by atoms with Crippen LogP contribution in [0, 0.1) is 11.8 Å². The number of carbonyl (C=O) groups excluding carboxylic acids is 10. The van der Waals surface area contributed by atoms with Crippen molar-refractivity contribution in [2.45, 2.75) is 155 Å². The Morgan fingerprint density at radius 1 is 0.727 bits per heavy atom. The second-order valence-electron chi connectivity index (χ2n) is 19.9. The van der Waals surface area contributed by atoms with Crippen molar-refractivity contribution in [2.24, 2.45) is 28.3 Å². The molecule has 0 aliphatic carbocycles. The molecule has 24 heteroatoms. The number of carbonyl (C=O) groups is 10. The highest BCUT2D eigenvalue weighted by Crippen LogP contribution is 2.21. The fraction of sp³-hybridized carbons (Fsp3) is 0.604. The predicted molar refractivity (Wildman–Crippen MR) is 290 cm³/mol. The zero-order valence-electron chi connectivity index (χ0n) is 46.0. The minimum absolute atomic E-state index is 0.0665. The zero-order valence-corrected chi connectivity index (χ0v) is 46.0. The van der Waals surface area contributed by atoms with Crippen molar-refractivity contribution < 1.29 is 53.1 Å². The van der Waals surface area contributed by atoms with Crippen LogP contribution in [0.4, 0.5) is 0 Å². The Hall–Kier alpha value is -7.37. The van der Waals surface area contributed by atoms with Gasteiger partial charge in [-0.15, -0.1) is 0 Å². The molecule has 2 aromatic carbocycles. The summed E-state index contributed by atoms with van der Waals surface area (Å²) in [6.45, 7) is 13.0. The van der Waals surface area contributed by atoms with Gasteiger partial charge in [-0.05, 0) is 74.1 Å². The van der Waals surface area contributed by atoms with Crippen LogP contribution in [-0.4, -0.2) is 168 Å². The number of rotatable bonds is 30. The number of likely N-dealkylation sites (N-methyl/N-ethyl adjacent to an activating group) is 2. The molecule has 1 heterocycles. The molecule has 10 amide bonds. The van der Waals surface area contributed by atoms with E-state index in [1.54, 1.807) is 40.7 Å². The lowest BCUT2D eigenvalue weighted by molar-refractivity contribution is -0.142. The van der Waals surface area contributed by atoms with E-state index >= 15 is 0 Å². The summed E-state index contributed by atoms with van der Waals surface area (Å²) in [6, 6.07) is 4.32. The largest absolute Gasteiger partial charge is 0.391 e. The van der Waals surface area contributed by atoms with Crippen molar-refractivity contribution in [3.05, 3.63) is 48.0 Å².